The Labute approximate surface area is 233 Å². The minimum atomic E-state index is -0.241. The molecule has 0 unspecified atom stereocenters. The van der Waals surface area contributed by atoms with E-state index in [0.29, 0.717) is 8.66 Å². The number of thiol groups is 3. The van der Waals surface area contributed by atoms with Gasteiger partial charge in [-0.25, -0.2) is 0 Å². The molecule has 0 atom stereocenters. The summed E-state index contributed by atoms with van der Waals surface area (Å²) in [7, 11) is 0. The van der Waals surface area contributed by atoms with Crippen LogP contribution < -0.4 is 0 Å². The molecule has 29 heavy (non-hydrogen) atoms. The molecular weight excluding hydrogens is 576 g/mol. The highest BCUT2D eigenvalue weighted by molar-refractivity contribution is 8.26. The fourth-order valence-corrected chi connectivity index (χ4v) is 12.4. The van der Waals surface area contributed by atoms with Gasteiger partial charge in [-0.05, 0) is 37.5 Å². The Bertz CT molecular complexity index is 353. The molecule has 0 nitrogen and oxygen atoms in total. The van der Waals surface area contributed by atoms with Crippen LogP contribution in [0.2, 0.25) is 0 Å². The van der Waals surface area contributed by atoms with Gasteiger partial charge in [0.2, 0.25) is 0 Å². The van der Waals surface area contributed by atoms with Gasteiger partial charge in [0.25, 0.3) is 0 Å². The zero-order valence-corrected chi connectivity index (χ0v) is 25.9. The van der Waals surface area contributed by atoms with Crippen LogP contribution in [0.25, 0.3) is 0 Å². The molecule has 0 saturated carbocycles. The number of thioether (sulfide) groups is 6. The molecule has 2 aliphatic rings. The van der Waals surface area contributed by atoms with Crippen LogP contribution in [0.15, 0.2) is 0 Å². The number of rotatable bonds is 9. The molecule has 0 N–H and O–H groups in total. The summed E-state index contributed by atoms with van der Waals surface area (Å²) < 4.78 is 1.15. The Balaban J connectivity index is 0. The van der Waals surface area contributed by atoms with E-state index < -0.39 is 0 Å². The van der Waals surface area contributed by atoms with Crippen molar-refractivity contribution in [2.75, 3.05) is 51.8 Å². The average molecular weight is 614 g/mol. The maximum atomic E-state index is 5.75. The van der Waals surface area contributed by atoms with Crippen LogP contribution in [0.5, 0.6) is 0 Å². The lowest BCUT2D eigenvalue weighted by Crippen LogP contribution is -2.26. The Morgan fingerprint density at radius 2 is 1.14 bits per heavy atom. The fourth-order valence-electron chi connectivity index (χ4n) is 1.99. The first-order valence-corrected chi connectivity index (χ1v) is 18.0. The van der Waals surface area contributed by atoms with E-state index >= 15 is 0 Å². The summed E-state index contributed by atoms with van der Waals surface area (Å²) in [5.74, 6) is 10.3. The topological polar surface area (TPSA) is 0 Å². The van der Waals surface area contributed by atoms with Crippen molar-refractivity contribution in [1.82, 2.24) is 0 Å². The molecule has 0 radical (unpaired) electrons. The van der Waals surface area contributed by atoms with Crippen LogP contribution >= 0.6 is 132 Å². The smallest absolute Gasteiger partial charge is 0.131 e. The molecule has 0 aromatic rings. The van der Waals surface area contributed by atoms with Crippen LogP contribution in [0.4, 0.5) is 0 Å². The van der Waals surface area contributed by atoms with E-state index in [2.05, 4.69) is 106 Å². The van der Waals surface area contributed by atoms with Crippen molar-refractivity contribution >= 4 is 132 Å². The summed E-state index contributed by atoms with van der Waals surface area (Å²) in [6.07, 6.45) is 1.18. The highest BCUT2D eigenvalue weighted by atomic mass is 35.5. The average Bonchev–Trinajstić information content (AvgIpc) is 3.32. The van der Waals surface area contributed by atoms with Crippen LogP contribution in [0.3, 0.4) is 0 Å². The Morgan fingerprint density at radius 3 is 1.38 bits per heavy atom. The molecule has 0 spiro atoms. The summed E-state index contributed by atoms with van der Waals surface area (Å²) >= 11 is 36.1. The van der Waals surface area contributed by atoms with Crippen molar-refractivity contribution < 1.29 is 0 Å². The van der Waals surface area contributed by atoms with E-state index in [9.17, 15) is 0 Å². The van der Waals surface area contributed by atoms with Crippen LogP contribution in [0, 0.1) is 0 Å². The van der Waals surface area contributed by atoms with E-state index in [1.807, 2.05) is 23.5 Å². The molecule has 2 aliphatic heterocycles. The molecule has 2 fully saturated rings. The Hall–Kier alpha value is 3.73. The number of halogens is 2. The van der Waals surface area contributed by atoms with E-state index in [1.54, 1.807) is 0 Å². The Kier molecular flexibility index (Phi) is 25.3. The summed E-state index contributed by atoms with van der Waals surface area (Å²) in [5, 5.41) is 0. The van der Waals surface area contributed by atoms with Gasteiger partial charge in [-0.1, -0.05) is 14.4 Å². The third kappa shape index (κ3) is 15.4. The highest BCUT2D eigenvalue weighted by Crippen LogP contribution is 2.53. The zero-order chi connectivity index (χ0) is 21.5. The van der Waals surface area contributed by atoms with Gasteiger partial charge in [0.1, 0.15) is 4.84 Å². The summed E-state index contributed by atoms with van der Waals surface area (Å²) in [5.41, 5.74) is 0. The molecule has 0 amide bonds. The molecule has 2 rings (SSSR count). The van der Waals surface area contributed by atoms with Gasteiger partial charge in [0.15, 0.2) is 0 Å². The summed E-state index contributed by atoms with van der Waals surface area (Å²) in [6, 6.07) is 0. The van der Waals surface area contributed by atoms with Crippen LogP contribution in [0.1, 0.15) is 34.6 Å². The predicted molar refractivity (Wildman–Crippen MR) is 169 cm³/mol. The highest BCUT2D eigenvalue weighted by Gasteiger charge is 2.39. The first-order chi connectivity index (χ1) is 13.3. The molecule has 0 aliphatic carbocycles. The van der Waals surface area contributed by atoms with E-state index in [1.165, 1.54) is 29.4 Å². The van der Waals surface area contributed by atoms with Gasteiger partial charge >= 0.3 is 0 Å². The van der Waals surface area contributed by atoms with Crippen LogP contribution in [-0.4, -0.2) is 69.4 Å². The van der Waals surface area contributed by atoms with Gasteiger partial charge < -0.3 is 0 Å². The molecule has 0 aromatic carbocycles. The van der Waals surface area contributed by atoms with Crippen molar-refractivity contribution in [3.8, 4) is 0 Å². The maximum absolute atomic E-state index is 5.75. The third-order valence-corrected chi connectivity index (χ3v) is 17.0. The number of alkyl halides is 2. The van der Waals surface area contributed by atoms with Gasteiger partial charge in [-0.3, -0.25) is 0 Å². The first kappa shape index (κ1) is 34.9. The molecule has 2 saturated heterocycles. The molecule has 178 valence electrons. The predicted octanol–water partition coefficient (Wildman–Crippen LogP) is 8.78. The van der Waals surface area contributed by atoms with Crippen molar-refractivity contribution in [2.45, 2.75) is 52.2 Å². The number of hydrogen-bond donors (Lipinski definition) is 3. The van der Waals surface area contributed by atoms with Gasteiger partial charge in [-0.15, -0.1) is 93.8 Å². The monoisotopic (exact) mass is 612 g/mol. The lowest BCUT2D eigenvalue weighted by Gasteiger charge is -2.31. The maximum Gasteiger partial charge on any atom is 0.131 e. The van der Waals surface area contributed by atoms with Gasteiger partial charge in [-0.2, -0.15) is 37.9 Å². The molecule has 0 aromatic heterocycles. The van der Waals surface area contributed by atoms with Crippen molar-refractivity contribution in [3.05, 3.63) is 0 Å². The summed E-state index contributed by atoms with van der Waals surface area (Å²) in [6.45, 7) is 6.60. The fraction of sp³-hybridized carbons (Fsp3) is 1.00. The quantitative estimate of drug-likeness (QED) is 0.134. The van der Waals surface area contributed by atoms with Crippen molar-refractivity contribution in [2.24, 2.45) is 0 Å². The van der Waals surface area contributed by atoms with Crippen molar-refractivity contribution in [3.63, 3.8) is 0 Å². The zero-order valence-electron chi connectivity index (χ0n) is 16.8. The second-order valence-electron chi connectivity index (χ2n) is 5.97. The second kappa shape index (κ2) is 21.0. The normalized spacial score (nSPS) is 19.2. The first-order valence-electron chi connectivity index (χ1n) is 9.19. The second-order valence-corrected chi connectivity index (χ2v) is 17.8. The lowest BCUT2D eigenvalue weighted by molar-refractivity contribution is 0.994. The van der Waals surface area contributed by atoms with Crippen LogP contribution in [-0.2, 0) is 0 Å². The Morgan fingerprint density at radius 1 is 0.793 bits per heavy atom. The largest absolute Gasteiger partial charge is 0.179 e. The van der Waals surface area contributed by atoms with Gasteiger partial charge in [0, 0.05) is 34.5 Å². The van der Waals surface area contributed by atoms with E-state index in [-0.39, 0.29) is 16.3 Å². The molecule has 11 heteroatoms. The third-order valence-electron chi connectivity index (χ3n) is 3.49. The SMILES string of the molecule is C.CC1(C(Cl)Cl)SCCS1.CC1(C(SCCS)SCCS)SCCS1.CCCS. The molecule has 0 bridgehead atoms. The van der Waals surface area contributed by atoms with Gasteiger partial charge in [0.05, 0.1) is 12.7 Å². The minimum Gasteiger partial charge on any atom is -0.179 e. The van der Waals surface area contributed by atoms with E-state index in [0.717, 1.165) is 28.8 Å². The lowest BCUT2D eigenvalue weighted by atomic mass is 10.5. The van der Waals surface area contributed by atoms with Crippen molar-refractivity contribution in [1.29, 1.82) is 0 Å². The number of hydrogen-bond acceptors (Lipinski definition) is 9. The molecule has 2 heterocycles. The summed E-state index contributed by atoms with van der Waals surface area (Å²) in [4.78, 5) is -0.241. The minimum absolute atomic E-state index is 0. The molecular formula is C18H38Cl2S9. The standard InChI is InChI=1S/C9H18S6.C5H8Cl2S2.C3H8S.CH4/c1-9(14-6-7-15-9)8(12-4-2-10)13-5-3-11;1-5(4(6)7)8-2-3-9-5;1-2-3-4;/h8,10-11H,2-7H2,1H3;4H,2-3H2,1H3;4H,2-3H2,1H3;1H4. The van der Waals surface area contributed by atoms with E-state index in [4.69, 9.17) is 23.2 Å².